The zero-order chi connectivity index (χ0) is 21.9. The molecule has 5 nitrogen and oxygen atoms in total. The van der Waals surface area contributed by atoms with Crippen LogP contribution < -0.4 is 10.1 Å². The van der Waals surface area contributed by atoms with Crippen molar-refractivity contribution < 1.29 is 14.3 Å². The van der Waals surface area contributed by atoms with Crippen molar-refractivity contribution >= 4 is 35.0 Å². The van der Waals surface area contributed by atoms with Crippen LogP contribution in [-0.4, -0.2) is 35.9 Å². The van der Waals surface area contributed by atoms with Crippen LogP contribution in [0.4, 0.5) is 0 Å². The van der Waals surface area contributed by atoms with Gasteiger partial charge in [-0.25, -0.2) is 0 Å². The quantitative estimate of drug-likeness (QED) is 0.484. The number of rotatable bonds is 11. The molecule has 0 spiro atoms. The second kappa shape index (κ2) is 12.5. The number of carbonyl (C=O) groups excluding carboxylic acids is 2. The zero-order valence-corrected chi connectivity index (χ0v) is 18.9. The molecule has 7 heteroatoms. The van der Waals surface area contributed by atoms with Crippen molar-refractivity contribution in [3.8, 4) is 5.75 Å². The van der Waals surface area contributed by atoms with Gasteiger partial charge in [-0.15, -0.1) is 0 Å². The number of amides is 2. The van der Waals surface area contributed by atoms with E-state index in [9.17, 15) is 9.59 Å². The fraction of sp³-hybridized carbons (Fsp3) is 0.391. The van der Waals surface area contributed by atoms with Gasteiger partial charge in [-0.05, 0) is 49.6 Å². The van der Waals surface area contributed by atoms with E-state index in [4.69, 9.17) is 27.9 Å². The minimum atomic E-state index is -0.603. The SMILES string of the molecule is CCCNC(=O)C(C)N(Cc1ccc(Cl)c(Cl)c1)C(=O)CCCOc1ccccc1. The second-order valence-electron chi connectivity index (χ2n) is 7.00. The monoisotopic (exact) mass is 450 g/mol. The maximum atomic E-state index is 13.0. The van der Waals surface area contributed by atoms with Crippen LogP contribution in [0.2, 0.25) is 10.0 Å². The van der Waals surface area contributed by atoms with Gasteiger partial charge < -0.3 is 15.0 Å². The summed E-state index contributed by atoms with van der Waals surface area (Å²) in [6.07, 6.45) is 1.66. The number of benzene rings is 2. The molecule has 0 radical (unpaired) electrons. The Morgan fingerprint density at radius 3 is 2.50 bits per heavy atom. The van der Waals surface area contributed by atoms with Crippen molar-refractivity contribution in [1.29, 1.82) is 0 Å². The van der Waals surface area contributed by atoms with Crippen LogP contribution in [0.3, 0.4) is 0 Å². The van der Waals surface area contributed by atoms with Gasteiger partial charge in [0.1, 0.15) is 11.8 Å². The van der Waals surface area contributed by atoms with Crippen molar-refractivity contribution in [2.75, 3.05) is 13.2 Å². The van der Waals surface area contributed by atoms with E-state index < -0.39 is 6.04 Å². The summed E-state index contributed by atoms with van der Waals surface area (Å²) in [6, 6.07) is 14.1. The van der Waals surface area contributed by atoms with Gasteiger partial charge in [0, 0.05) is 19.5 Å². The van der Waals surface area contributed by atoms with E-state index in [1.54, 1.807) is 24.0 Å². The van der Waals surface area contributed by atoms with Crippen LogP contribution in [0, 0.1) is 0 Å². The van der Waals surface area contributed by atoms with Crippen molar-refractivity contribution in [3.05, 3.63) is 64.1 Å². The average Bonchev–Trinajstić information content (AvgIpc) is 2.75. The Labute approximate surface area is 188 Å². The molecule has 0 aliphatic rings. The second-order valence-corrected chi connectivity index (χ2v) is 7.82. The highest BCUT2D eigenvalue weighted by atomic mass is 35.5. The van der Waals surface area contributed by atoms with E-state index in [-0.39, 0.29) is 24.8 Å². The summed E-state index contributed by atoms with van der Waals surface area (Å²) in [7, 11) is 0. The molecule has 0 fully saturated rings. The minimum absolute atomic E-state index is 0.114. The Bertz CT molecular complexity index is 830. The topological polar surface area (TPSA) is 58.6 Å². The van der Waals surface area contributed by atoms with Gasteiger partial charge in [0.25, 0.3) is 0 Å². The molecule has 162 valence electrons. The van der Waals surface area contributed by atoms with E-state index >= 15 is 0 Å². The highest BCUT2D eigenvalue weighted by molar-refractivity contribution is 6.42. The van der Waals surface area contributed by atoms with E-state index in [1.165, 1.54) is 0 Å². The number of hydrogen-bond donors (Lipinski definition) is 1. The molecule has 0 aliphatic carbocycles. The first kappa shape index (κ1) is 24.0. The molecule has 2 aromatic rings. The Kier molecular flexibility index (Phi) is 9.98. The molecule has 1 N–H and O–H groups in total. The molecule has 0 heterocycles. The van der Waals surface area contributed by atoms with Gasteiger partial charge >= 0.3 is 0 Å². The molecule has 0 aliphatic heterocycles. The molecule has 1 unspecified atom stereocenters. The molecule has 0 aromatic heterocycles. The lowest BCUT2D eigenvalue weighted by Crippen LogP contribution is -2.47. The average molecular weight is 451 g/mol. The Morgan fingerprint density at radius 1 is 1.10 bits per heavy atom. The summed E-state index contributed by atoms with van der Waals surface area (Å²) in [5.41, 5.74) is 0.813. The third kappa shape index (κ3) is 7.54. The normalized spacial score (nSPS) is 11.6. The number of carbonyl (C=O) groups is 2. The summed E-state index contributed by atoms with van der Waals surface area (Å²) in [4.78, 5) is 27.0. The first-order chi connectivity index (χ1) is 14.4. The number of hydrogen-bond acceptors (Lipinski definition) is 3. The zero-order valence-electron chi connectivity index (χ0n) is 17.4. The number of halogens is 2. The van der Waals surface area contributed by atoms with Crippen molar-refractivity contribution in [3.63, 3.8) is 0 Å². The first-order valence-electron chi connectivity index (χ1n) is 10.1. The van der Waals surface area contributed by atoms with Crippen LogP contribution in [0.15, 0.2) is 48.5 Å². The largest absolute Gasteiger partial charge is 0.494 e. The molecular formula is C23H28Cl2N2O3. The van der Waals surface area contributed by atoms with E-state index in [0.29, 0.717) is 29.6 Å². The predicted molar refractivity (Wildman–Crippen MR) is 121 cm³/mol. The number of nitrogens with zero attached hydrogens (tertiary/aromatic N) is 1. The van der Waals surface area contributed by atoms with Gasteiger partial charge in [0.15, 0.2) is 0 Å². The highest BCUT2D eigenvalue weighted by Gasteiger charge is 2.25. The van der Waals surface area contributed by atoms with Gasteiger partial charge in [-0.1, -0.05) is 54.4 Å². The molecular weight excluding hydrogens is 423 g/mol. The summed E-state index contributed by atoms with van der Waals surface area (Å²) < 4.78 is 5.66. The minimum Gasteiger partial charge on any atom is -0.494 e. The van der Waals surface area contributed by atoms with Crippen molar-refractivity contribution in [2.24, 2.45) is 0 Å². The Balaban J connectivity index is 2.01. The molecule has 0 saturated carbocycles. The van der Waals surface area contributed by atoms with Crippen molar-refractivity contribution in [1.82, 2.24) is 10.2 Å². The third-order valence-electron chi connectivity index (χ3n) is 4.60. The van der Waals surface area contributed by atoms with Gasteiger partial charge in [-0.3, -0.25) is 9.59 Å². The molecule has 30 heavy (non-hydrogen) atoms. The fourth-order valence-corrected chi connectivity index (χ4v) is 3.21. The van der Waals surface area contributed by atoms with E-state index in [1.807, 2.05) is 43.3 Å². The van der Waals surface area contributed by atoms with E-state index in [0.717, 1.165) is 17.7 Å². The standard InChI is InChI=1S/C23H28Cl2N2O3/c1-3-13-26-23(29)17(2)27(16-18-11-12-20(24)21(25)15-18)22(28)10-7-14-30-19-8-5-4-6-9-19/h4-6,8-9,11-12,15,17H,3,7,10,13-14,16H2,1-2H3,(H,26,29). The number of para-hydroxylation sites is 1. The van der Waals surface area contributed by atoms with Crippen molar-refractivity contribution in [2.45, 2.75) is 45.7 Å². The lowest BCUT2D eigenvalue weighted by Gasteiger charge is -2.29. The lowest BCUT2D eigenvalue weighted by atomic mass is 10.1. The fourth-order valence-electron chi connectivity index (χ4n) is 2.89. The van der Waals surface area contributed by atoms with Crippen LogP contribution in [0.5, 0.6) is 5.75 Å². The first-order valence-corrected chi connectivity index (χ1v) is 10.9. The lowest BCUT2D eigenvalue weighted by molar-refractivity contribution is -0.140. The molecule has 2 amide bonds. The predicted octanol–water partition coefficient (Wildman–Crippen LogP) is 5.10. The van der Waals surface area contributed by atoms with E-state index in [2.05, 4.69) is 5.32 Å². The smallest absolute Gasteiger partial charge is 0.242 e. The maximum Gasteiger partial charge on any atom is 0.242 e. The highest BCUT2D eigenvalue weighted by Crippen LogP contribution is 2.24. The number of nitrogens with one attached hydrogen (secondary N) is 1. The molecule has 2 aromatic carbocycles. The van der Waals surface area contributed by atoms with Gasteiger partial charge in [-0.2, -0.15) is 0 Å². The van der Waals surface area contributed by atoms with Crippen LogP contribution >= 0.6 is 23.2 Å². The number of ether oxygens (including phenoxy) is 1. The molecule has 0 bridgehead atoms. The van der Waals surface area contributed by atoms with Gasteiger partial charge in [0.05, 0.1) is 16.7 Å². The Hall–Kier alpha value is -2.24. The Morgan fingerprint density at radius 2 is 1.83 bits per heavy atom. The third-order valence-corrected chi connectivity index (χ3v) is 5.34. The van der Waals surface area contributed by atoms with Gasteiger partial charge in [0.2, 0.25) is 11.8 Å². The molecule has 0 saturated heterocycles. The summed E-state index contributed by atoms with van der Waals surface area (Å²) >= 11 is 12.1. The van der Waals surface area contributed by atoms with Crippen LogP contribution in [0.1, 0.15) is 38.7 Å². The van der Waals surface area contributed by atoms with Crippen LogP contribution in [-0.2, 0) is 16.1 Å². The van der Waals surface area contributed by atoms with Crippen LogP contribution in [0.25, 0.3) is 0 Å². The summed E-state index contributed by atoms with van der Waals surface area (Å²) in [5.74, 6) is 0.479. The maximum absolute atomic E-state index is 13.0. The summed E-state index contributed by atoms with van der Waals surface area (Å²) in [6.45, 7) is 4.99. The molecule has 2 rings (SSSR count). The molecule has 1 atom stereocenters. The summed E-state index contributed by atoms with van der Waals surface area (Å²) in [5, 5.41) is 3.72.